The van der Waals surface area contributed by atoms with E-state index in [-0.39, 0.29) is 12.4 Å². The third-order valence-electron chi connectivity index (χ3n) is 3.54. The van der Waals surface area contributed by atoms with E-state index in [1.807, 2.05) is 55.5 Å². The second-order valence-electron chi connectivity index (χ2n) is 5.27. The average molecular weight is 392 g/mol. The van der Waals surface area contributed by atoms with E-state index in [9.17, 15) is 0 Å². The molecule has 3 aromatic rings. The van der Waals surface area contributed by atoms with Crippen molar-refractivity contribution in [1.29, 1.82) is 0 Å². The number of hydrogen-bond donors (Lipinski definition) is 1. The highest BCUT2D eigenvalue weighted by atomic mass is 35.5. The number of aromatic nitrogens is 4. The van der Waals surface area contributed by atoms with Crippen LogP contribution < -0.4 is 10.1 Å². The summed E-state index contributed by atoms with van der Waals surface area (Å²) < 4.78 is 7.40. The summed E-state index contributed by atoms with van der Waals surface area (Å²) in [5.41, 5.74) is 2.14. The molecule has 0 radical (unpaired) electrons. The van der Waals surface area contributed by atoms with Crippen LogP contribution in [0.1, 0.15) is 12.5 Å². The zero-order valence-corrected chi connectivity index (χ0v) is 16.2. The van der Waals surface area contributed by atoms with Crippen LogP contribution >= 0.6 is 24.2 Å². The fourth-order valence-corrected chi connectivity index (χ4v) is 3.17. The Morgan fingerprint density at radius 1 is 1.08 bits per heavy atom. The van der Waals surface area contributed by atoms with Gasteiger partial charge >= 0.3 is 0 Å². The van der Waals surface area contributed by atoms with Crippen LogP contribution in [-0.4, -0.2) is 39.1 Å². The Morgan fingerprint density at radius 3 is 2.65 bits per heavy atom. The first-order chi connectivity index (χ1) is 12.4. The third kappa shape index (κ3) is 5.45. The van der Waals surface area contributed by atoms with Crippen LogP contribution in [0.15, 0.2) is 59.8 Å². The van der Waals surface area contributed by atoms with Crippen molar-refractivity contribution in [2.24, 2.45) is 0 Å². The van der Waals surface area contributed by atoms with Crippen LogP contribution in [-0.2, 0) is 6.54 Å². The SMILES string of the molecule is CCOc1ccccc1CNCCSc1nnnn1-c1ccccc1.Cl. The fraction of sp³-hybridized carbons (Fsp3) is 0.278. The second kappa shape index (κ2) is 10.8. The van der Waals surface area contributed by atoms with E-state index < -0.39 is 0 Å². The molecule has 6 nitrogen and oxygen atoms in total. The number of rotatable bonds is 9. The Hall–Kier alpha value is -2.09. The monoisotopic (exact) mass is 391 g/mol. The van der Waals surface area contributed by atoms with Gasteiger partial charge in [0.15, 0.2) is 0 Å². The van der Waals surface area contributed by atoms with Gasteiger partial charge in [0, 0.05) is 24.4 Å². The molecule has 0 aliphatic heterocycles. The molecule has 0 bridgehead atoms. The van der Waals surface area contributed by atoms with Gasteiger partial charge in [0.1, 0.15) is 5.75 Å². The van der Waals surface area contributed by atoms with Gasteiger partial charge in [-0.3, -0.25) is 0 Å². The van der Waals surface area contributed by atoms with Crippen LogP contribution in [0.5, 0.6) is 5.75 Å². The van der Waals surface area contributed by atoms with Gasteiger partial charge in [0.05, 0.1) is 12.3 Å². The summed E-state index contributed by atoms with van der Waals surface area (Å²) in [6.07, 6.45) is 0. The third-order valence-corrected chi connectivity index (χ3v) is 4.46. The van der Waals surface area contributed by atoms with E-state index in [1.54, 1.807) is 16.4 Å². The molecule has 0 fully saturated rings. The van der Waals surface area contributed by atoms with Gasteiger partial charge in [0.25, 0.3) is 0 Å². The molecule has 0 unspecified atom stereocenters. The highest BCUT2D eigenvalue weighted by Gasteiger charge is 2.08. The summed E-state index contributed by atoms with van der Waals surface area (Å²) in [6, 6.07) is 18.0. The minimum absolute atomic E-state index is 0. The maximum Gasteiger partial charge on any atom is 0.214 e. The summed E-state index contributed by atoms with van der Waals surface area (Å²) in [4.78, 5) is 0. The first kappa shape index (κ1) is 20.2. The van der Waals surface area contributed by atoms with Gasteiger partial charge in [-0.05, 0) is 35.5 Å². The molecule has 0 amide bonds. The number of thioether (sulfide) groups is 1. The summed E-state index contributed by atoms with van der Waals surface area (Å²) in [6.45, 7) is 4.31. The molecule has 3 rings (SSSR count). The number of nitrogens with one attached hydrogen (secondary N) is 1. The highest BCUT2D eigenvalue weighted by Crippen LogP contribution is 2.19. The van der Waals surface area contributed by atoms with Gasteiger partial charge in [-0.1, -0.05) is 48.2 Å². The number of hydrogen-bond acceptors (Lipinski definition) is 6. The molecular formula is C18H22ClN5OS. The van der Waals surface area contributed by atoms with Crippen molar-refractivity contribution in [1.82, 2.24) is 25.5 Å². The van der Waals surface area contributed by atoms with Crippen molar-refractivity contribution in [3.8, 4) is 11.4 Å². The van der Waals surface area contributed by atoms with E-state index >= 15 is 0 Å². The van der Waals surface area contributed by atoms with Gasteiger partial charge in [-0.25, -0.2) is 0 Å². The van der Waals surface area contributed by atoms with Crippen LogP contribution in [0.25, 0.3) is 5.69 Å². The molecule has 0 saturated carbocycles. The molecule has 1 heterocycles. The van der Waals surface area contributed by atoms with Crippen molar-refractivity contribution < 1.29 is 4.74 Å². The van der Waals surface area contributed by atoms with Crippen LogP contribution in [0.2, 0.25) is 0 Å². The topological polar surface area (TPSA) is 64.9 Å². The van der Waals surface area contributed by atoms with Crippen molar-refractivity contribution in [3.05, 3.63) is 60.2 Å². The molecule has 0 aliphatic carbocycles. The molecule has 0 atom stereocenters. The summed E-state index contributed by atoms with van der Waals surface area (Å²) >= 11 is 1.63. The molecular weight excluding hydrogens is 370 g/mol. The van der Waals surface area contributed by atoms with Gasteiger partial charge in [-0.15, -0.1) is 17.5 Å². The van der Waals surface area contributed by atoms with E-state index in [0.717, 1.165) is 35.4 Å². The van der Waals surface area contributed by atoms with Gasteiger partial charge < -0.3 is 10.1 Å². The number of ether oxygens (including phenoxy) is 1. The lowest BCUT2D eigenvalue weighted by molar-refractivity contribution is 0.335. The lowest BCUT2D eigenvalue weighted by atomic mass is 10.2. The van der Waals surface area contributed by atoms with E-state index in [2.05, 4.69) is 26.9 Å². The maximum absolute atomic E-state index is 5.64. The minimum Gasteiger partial charge on any atom is -0.494 e. The van der Waals surface area contributed by atoms with E-state index in [4.69, 9.17) is 4.74 Å². The molecule has 1 aromatic heterocycles. The lowest BCUT2D eigenvalue weighted by Gasteiger charge is -2.10. The number of nitrogens with zero attached hydrogens (tertiary/aromatic N) is 4. The largest absolute Gasteiger partial charge is 0.494 e. The Balaban J connectivity index is 0.00000243. The van der Waals surface area contributed by atoms with Crippen LogP contribution in [0.4, 0.5) is 0 Å². The van der Waals surface area contributed by atoms with Gasteiger partial charge in [0.2, 0.25) is 5.16 Å². The lowest BCUT2D eigenvalue weighted by Crippen LogP contribution is -2.17. The smallest absolute Gasteiger partial charge is 0.214 e. The normalized spacial score (nSPS) is 10.3. The Bertz CT molecular complexity index is 784. The molecule has 138 valence electrons. The van der Waals surface area contributed by atoms with Crippen molar-refractivity contribution >= 4 is 24.2 Å². The Morgan fingerprint density at radius 2 is 1.85 bits per heavy atom. The molecule has 0 saturated heterocycles. The number of tetrazole rings is 1. The van der Waals surface area contributed by atoms with Crippen LogP contribution in [0, 0.1) is 0 Å². The fourth-order valence-electron chi connectivity index (χ4n) is 2.38. The summed E-state index contributed by atoms with van der Waals surface area (Å²) in [5.74, 6) is 1.82. The standard InChI is InChI=1S/C18H21N5OS.ClH/c1-2-24-17-11-7-6-8-15(17)14-19-12-13-25-18-20-21-22-23(18)16-9-4-3-5-10-16;/h3-11,19H,2,12-14H2,1H3;1H. The Kier molecular flexibility index (Phi) is 8.40. The molecule has 8 heteroatoms. The number of benzene rings is 2. The summed E-state index contributed by atoms with van der Waals surface area (Å²) in [7, 11) is 0. The zero-order chi connectivity index (χ0) is 17.3. The second-order valence-corrected chi connectivity index (χ2v) is 6.34. The minimum atomic E-state index is 0. The quantitative estimate of drug-likeness (QED) is 0.445. The molecule has 0 spiro atoms. The van der Waals surface area contributed by atoms with Crippen LogP contribution in [0.3, 0.4) is 0 Å². The zero-order valence-electron chi connectivity index (χ0n) is 14.5. The first-order valence-electron chi connectivity index (χ1n) is 8.26. The average Bonchev–Trinajstić information content (AvgIpc) is 3.12. The number of halogens is 1. The molecule has 2 aromatic carbocycles. The van der Waals surface area contributed by atoms with Crippen molar-refractivity contribution in [2.45, 2.75) is 18.6 Å². The maximum atomic E-state index is 5.64. The molecule has 1 N–H and O–H groups in total. The van der Waals surface area contributed by atoms with Crippen molar-refractivity contribution in [2.75, 3.05) is 18.9 Å². The number of para-hydroxylation sites is 2. The molecule has 0 aliphatic rings. The predicted molar refractivity (Wildman–Crippen MR) is 106 cm³/mol. The predicted octanol–water partition coefficient (Wildman–Crippen LogP) is 3.36. The van der Waals surface area contributed by atoms with Gasteiger partial charge in [-0.2, -0.15) is 4.68 Å². The first-order valence-corrected chi connectivity index (χ1v) is 9.25. The Labute approximate surface area is 163 Å². The summed E-state index contributed by atoms with van der Waals surface area (Å²) in [5, 5.41) is 16.2. The van der Waals surface area contributed by atoms with Crippen molar-refractivity contribution in [3.63, 3.8) is 0 Å². The molecule has 26 heavy (non-hydrogen) atoms. The van der Waals surface area contributed by atoms with E-state index in [0.29, 0.717) is 6.61 Å². The highest BCUT2D eigenvalue weighted by molar-refractivity contribution is 7.99. The van der Waals surface area contributed by atoms with E-state index in [1.165, 1.54) is 5.56 Å².